The van der Waals surface area contributed by atoms with Crippen LogP contribution >= 0.6 is 0 Å². The second kappa shape index (κ2) is 4.38. The van der Waals surface area contributed by atoms with Crippen LogP contribution in [-0.2, 0) is 4.79 Å². The van der Waals surface area contributed by atoms with Gasteiger partial charge in [0, 0.05) is 18.3 Å². The highest BCUT2D eigenvalue weighted by atomic mass is 16.2. The monoisotopic (exact) mass is 240 g/mol. The molecule has 0 aromatic carbocycles. The number of hydrogen-bond acceptors (Lipinski definition) is 1. The van der Waals surface area contributed by atoms with Crippen LogP contribution in [0, 0.1) is 10.8 Å². The lowest BCUT2D eigenvalue weighted by atomic mass is 9.75. The van der Waals surface area contributed by atoms with E-state index in [0.717, 1.165) is 25.8 Å². The number of rotatable bonds is 2. The molecule has 0 spiro atoms. The number of amides is 1. The van der Waals surface area contributed by atoms with Crippen molar-refractivity contribution < 1.29 is 9.28 Å². The minimum Gasteiger partial charge on any atom is -0.260 e. The van der Waals surface area contributed by atoms with Crippen molar-refractivity contribution in [1.82, 2.24) is 0 Å². The molecule has 17 heavy (non-hydrogen) atoms. The Morgan fingerprint density at radius 3 is 2.00 bits per heavy atom. The Balaban J connectivity index is 3.03. The van der Waals surface area contributed by atoms with Gasteiger partial charge < -0.3 is 0 Å². The molecule has 100 valence electrons. The SMILES string of the molecule is CC(C)(C)CC(C(C)(C)C)[N+]1(C)CCCC1=O. The Hall–Kier alpha value is -0.370. The maximum absolute atomic E-state index is 12.2. The standard InChI is InChI=1S/C15H30NO/c1-14(2,3)11-12(15(4,5)6)16(7)10-8-9-13(16)17/h12H,8-11H2,1-7H3/q+1. The smallest absolute Gasteiger partial charge is 0.260 e. The van der Waals surface area contributed by atoms with Gasteiger partial charge in [-0.3, -0.25) is 4.48 Å². The molecule has 1 heterocycles. The van der Waals surface area contributed by atoms with Gasteiger partial charge in [-0.05, 0) is 5.41 Å². The topological polar surface area (TPSA) is 17.1 Å². The Kier molecular flexibility index (Phi) is 3.79. The van der Waals surface area contributed by atoms with Gasteiger partial charge in [0.15, 0.2) is 0 Å². The molecular formula is C15H30NO+. The fourth-order valence-corrected chi connectivity index (χ4v) is 3.21. The number of likely N-dealkylation sites (tertiary alicyclic amines) is 1. The largest absolute Gasteiger partial charge is 0.313 e. The van der Waals surface area contributed by atoms with E-state index in [1.54, 1.807) is 0 Å². The lowest BCUT2D eigenvalue weighted by Crippen LogP contribution is -2.59. The highest BCUT2D eigenvalue weighted by Crippen LogP contribution is 2.39. The quantitative estimate of drug-likeness (QED) is 0.674. The summed E-state index contributed by atoms with van der Waals surface area (Å²) in [5, 5.41) is 0. The van der Waals surface area contributed by atoms with E-state index in [1.165, 1.54) is 0 Å². The van der Waals surface area contributed by atoms with Crippen molar-refractivity contribution in [2.24, 2.45) is 10.8 Å². The summed E-state index contributed by atoms with van der Waals surface area (Å²) in [6.07, 6.45) is 2.94. The molecule has 2 heteroatoms. The number of carbonyl (C=O) groups excluding carboxylic acids is 1. The molecule has 0 N–H and O–H groups in total. The van der Waals surface area contributed by atoms with E-state index >= 15 is 0 Å². The lowest BCUT2D eigenvalue weighted by molar-refractivity contribution is -0.861. The number of hydrogen-bond donors (Lipinski definition) is 0. The van der Waals surface area contributed by atoms with E-state index in [9.17, 15) is 4.79 Å². The van der Waals surface area contributed by atoms with E-state index in [1.807, 2.05) is 0 Å². The zero-order chi connectivity index (χ0) is 13.5. The predicted octanol–water partition coefficient (Wildman–Crippen LogP) is 3.60. The summed E-state index contributed by atoms with van der Waals surface area (Å²) in [5.41, 5.74) is 0.462. The first-order chi connectivity index (χ1) is 7.47. The summed E-state index contributed by atoms with van der Waals surface area (Å²) < 4.78 is 0.654. The van der Waals surface area contributed by atoms with Crippen LogP contribution in [0.25, 0.3) is 0 Å². The van der Waals surface area contributed by atoms with Crippen molar-refractivity contribution >= 4 is 5.91 Å². The van der Waals surface area contributed by atoms with Crippen molar-refractivity contribution in [3.63, 3.8) is 0 Å². The Labute approximate surface area is 107 Å². The molecule has 1 aliphatic heterocycles. The van der Waals surface area contributed by atoms with Gasteiger partial charge in [-0.25, -0.2) is 4.79 Å². The van der Waals surface area contributed by atoms with Gasteiger partial charge in [-0.15, -0.1) is 0 Å². The maximum Gasteiger partial charge on any atom is 0.313 e. The first-order valence-electron chi connectivity index (χ1n) is 6.85. The van der Waals surface area contributed by atoms with Gasteiger partial charge in [0.2, 0.25) is 0 Å². The second-order valence-electron chi connectivity index (χ2n) is 8.14. The molecule has 0 radical (unpaired) electrons. The van der Waals surface area contributed by atoms with E-state index in [0.29, 0.717) is 16.4 Å². The summed E-state index contributed by atoms with van der Waals surface area (Å²) in [7, 11) is 2.15. The number of quaternary nitrogens is 1. The van der Waals surface area contributed by atoms with Crippen LogP contribution < -0.4 is 0 Å². The molecule has 2 unspecified atom stereocenters. The molecule has 0 aliphatic carbocycles. The molecule has 2 atom stereocenters. The third-order valence-corrected chi connectivity index (χ3v) is 4.08. The second-order valence-corrected chi connectivity index (χ2v) is 8.14. The lowest BCUT2D eigenvalue weighted by Gasteiger charge is -2.45. The van der Waals surface area contributed by atoms with E-state index in [4.69, 9.17) is 0 Å². The molecule has 0 saturated carbocycles. The Morgan fingerprint density at radius 1 is 1.18 bits per heavy atom. The van der Waals surface area contributed by atoms with Crippen molar-refractivity contribution in [1.29, 1.82) is 0 Å². The van der Waals surface area contributed by atoms with Gasteiger partial charge in [0.05, 0.1) is 20.0 Å². The van der Waals surface area contributed by atoms with Gasteiger partial charge in [-0.1, -0.05) is 41.5 Å². The van der Waals surface area contributed by atoms with Crippen molar-refractivity contribution in [3.8, 4) is 0 Å². The summed E-state index contributed by atoms with van der Waals surface area (Å²) >= 11 is 0. The fraction of sp³-hybridized carbons (Fsp3) is 0.933. The van der Waals surface area contributed by atoms with Gasteiger partial charge in [0.25, 0.3) is 0 Å². The predicted molar refractivity (Wildman–Crippen MR) is 72.6 cm³/mol. The zero-order valence-corrected chi connectivity index (χ0v) is 12.8. The Bertz CT molecular complexity index is 295. The molecular weight excluding hydrogens is 210 g/mol. The highest BCUT2D eigenvalue weighted by molar-refractivity contribution is 5.70. The third-order valence-electron chi connectivity index (χ3n) is 4.08. The zero-order valence-electron chi connectivity index (χ0n) is 12.8. The molecule has 1 aliphatic rings. The average molecular weight is 240 g/mol. The summed E-state index contributed by atoms with van der Waals surface area (Å²) in [5.74, 6) is 0.439. The van der Waals surface area contributed by atoms with Crippen LogP contribution in [0.2, 0.25) is 0 Å². The van der Waals surface area contributed by atoms with Crippen LogP contribution in [0.5, 0.6) is 0 Å². The molecule has 0 aromatic heterocycles. The van der Waals surface area contributed by atoms with E-state index < -0.39 is 0 Å². The van der Waals surface area contributed by atoms with Crippen LogP contribution in [-0.4, -0.2) is 30.0 Å². The summed E-state index contributed by atoms with van der Waals surface area (Å²) in [6, 6.07) is 0.428. The van der Waals surface area contributed by atoms with Crippen LogP contribution in [0.1, 0.15) is 60.8 Å². The van der Waals surface area contributed by atoms with Gasteiger partial charge in [0.1, 0.15) is 6.04 Å². The third kappa shape index (κ3) is 3.31. The molecule has 1 saturated heterocycles. The number of nitrogens with zero attached hydrogens (tertiary/aromatic N) is 1. The van der Waals surface area contributed by atoms with Crippen molar-refractivity contribution in [2.75, 3.05) is 13.6 Å². The van der Waals surface area contributed by atoms with E-state index in [2.05, 4.69) is 48.6 Å². The van der Waals surface area contributed by atoms with Crippen LogP contribution in [0.3, 0.4) is 0 Å². The molecule has 2 nitrogen and oxygen atoms in total. The molecule has 0 aromatic rings. The van der Waals surface area contributed by atoms with Crippen LogP contribution in [0.4, 0.5) is 0 Å². The van der Waals surface area contributed by atoms with Crippen molar-refractivity contribution in [3.05, 3.63) is 0 Å². The Morgan fingerprint density at radius 2 is 1.71 bits per heavy atom. The first kappa shape index (κ1) is 14.7. The molecule has 0 bridgehead atoms. The molecule has 1 amide bonds. The average Bonchev–Trinajstić information content (AvgIpc) is 2.41. The minimum atomic E-state index is 0.183. The van der Waals surface area contributed by atoms with Crippen molar-refractivity contribution in [2.45, 2.75) is 66.8 Å². The maximum atomic E-state index is 12.2. The first-order valence-corrected chi connectivity index (χ1v) is 6.85. The number of carbonyl (C=O) groups is 1. The summed E-state index contributed by atoms with van der Waals surface area (Å²) in [4.78, 5) is 12.2. The van der Waals surface area contributed by atoms with E-state index in [-0.39, 0.29) is 10.8 Å². The fourth-order valence-electron chi connectivity index (χ4n) is 3.21. The normalized spacial score (nSPS) is 28.5. The van der Waals surface area contributed by atoms with Gasteiger partial charge in [-0.2, -0.15) is 0 Å². The molecule has 1 rings (SSSR count). The minimum absolute atomic E-state index is 0.183. The van der Waals surface area contributed by atoms with Gasteiger partial charge >= 0.3 is 5.91 Å². The molecule has 1 fully saturated rings. The van der Waals surface area contributed by atoms with Crippen LogP contribution in [0.15, 0.2) is 0 Å². The highest BCUT2D eigenvalue weighted by Gasteiger charge is 2.49. The summed E-state index contributed by atoms with van der Waals surface area (Å²) in [6.45, 7) is 14.7.